The van der Waals surface area contributed by atoms with Crippen LogP contribution >= 0.6 is 0 Å². The van der Waals surface area contributed by atoms with Crippen molar-refractivity contribution in [2.75, 3.05) is 13.2 Å². The molecule has 1 aliphatic heterocycles. The molecule has 1 aliphatic rings. The second kappa shape index (κ2) is 5.00. The predicted octanol–water partition coefficient (Wildman–Crippen LogP) is 2.58. The zero-order chi connectivity index (χ0) is 14.1. The van der Waals surface area contributed by atoms with Crippen LogP contribution in [0.5, 0.6) is 11.5 Å². The lowest BCUT2D eigenvalue weighted by Gasteiger charge is -2.20. The molecule has 0 saturated heterocycles. The first-order valence-corrected chi connectivity index (χ1v) is 6.61. The molecule has 0 bridgehead atoms. The highest BCUT2D eigenvalue weighted by Gasteiger charge is 2.23. The van der Waals surface area contributed by atoms with E-state index in [0.29, 0.717) is 36.8 Å². The Morgan fingerprint density at radius 2 is 2.05 bits per heavy atom. The first kappa shape index (κ1) is 12.7. The van der Waals surface area contributed by atoms with Crippen molar-refractivity contribution in [3.05, 3.63) is 30.1 Å². The molecule has 1 atom stereocenters. The van der Waals surface area contributed by atoms with Crippen LogP contribution < -0.4 is 9.47 Å². The Kier molecular flexibility index (Phi) is 3.18. The number of nitrogens with zero attached hydrogens (tertiary/aromatic N) is 1. The summed E-state index contributed by atoms with van der Waals surface area (Å²) >= 11 is 0. The molecule has 2 heterocycles. The second-order valence-corrected chi connectivity index (χ2v) is 4.71. The number of hydrogen-bond donors (Lipinski definition) is 1. The number of pyridine rings is 1. The van der Waals surface area contributed by atoms with Crippen LogP contribution in [0, 0.1) is 0 Å². The largest absolute Gasteiger partial charge is 0.486 e. The maximum absolute atomic E-state index is 11.4. The van der Waals surface area contributed by atoms with Crippen molar-refractivity contribution in [1.82, 2.24) is 4.98 Å². The molecule has 0 aliphatic carbocycles. The maximum Gasteiger partial charge on any atom is 0.312 e. The third-order valence-electron chi connectivity index (χ3n) is 3.49. The zero-order valence-corrected chi connectivity index (χ0v) is 11.1. The Hall–Kier alpha value is -2.30. The number of aliphatic carboxylic acids is 1. The van der Waals surface area contributed by atoms with E-state index in [2.05, 4.69) is 4.98 Å². The number of carbonyl (C=O) groups is 1. The zero-order valence-electron chi connectivity index (χ0n) is 11.1. The van der Waals surface area contributed by atoms with Crippen molar-refractivity contribution in [2.24, 2.45) is 0 Å². The van der Waals surface area contributed by atoms with Gasteiger partial charge in [-0.3, -0.25) is 9.78 Å². The van der Waals surface area contributed by atoms with Gasteiger partial charge in [-0.05, 0) is 30.0 Å². The van der Waals surface area contributed by atoms with Crippen LogP contribution in [0.4, 0.5) is 0 Å². The van der Waals surface area contributed by atoms with Crippen LogP contribution in [0.25, 0.3) is 10.8 Å². The first-order valence-electron chi connectivity index (χ1n) is 6.61. The average Bonchev–Trinajstić information content (AvgIpc) is 2.46. The van der Waals surface area contributed by atoms with Crippen LogP contribution in [0.3, 0.4) is 0 Å². The van der Waals surface area contributed by atoms with E-state index >= 15 is 0 Å². The molecule has 0 radical (unpaired) electrons. The second-order valence-electron chi connectivity index (χ2n) is 4.71. The minimum atomic E-state index is -0.859. The van der Waals surface area contributed by atoms with Gasteiger partial charge in [-0.1, -0.05) is 6.92 Å². The van der Waals surface area contributed by atoms with Gasteiger partial charge in [0.1, 0.15) is 13.2 Å². The van der Waals surface area contributed by atoms with E-state index in [1.54, 1.807) is 6.20 Å². The summed E-state index contributed by atoms with van der Waals surface area (Å²) in [6.07, 6.45) is 2.13. The Bertz CT molecular complexity index is 668. The Morgan fingerprint density at radius 3 is 2.70 bits per heavy atom. The predicted molar refractivity (Wildman–Crippen MR) is 73.4 cm³/mol. The average molecular weight is 273 g/mol. The summed E-state index contributed by atoms with van der Waals surface area (Å²) < 4.78 is 11.1. The molecule has 0 saturated carbocycles. The molecule has 0 spiro atoms. The number of carboxylic acid groups (broad SMARTS) is 1. The minimum absolute atomic E-state index is 0.496. The summed E-state index contributed by atoms with van der Waals surface area (Å²) in [5.74, 6) is -0.119. The van der Waals surface area contributed by atoms with Gasteiger partial charge in [0.05, 0.1) is 11.6 Å². The van der Waals surface area contributed by atoms with Gasteiger partial charge in [-0.25, -0.2) is 0 Å². The fourth-order valence-electron chi connectivity index (χ4n) is 2.49. The summed E-state index contributed by atoms with van der Waals surface area (Å²) in [5.41, 5.74) is 0.578. The molecule has 1 N–H and O–H groups in total. The van der Waals surface area contributed by atoms with E-state index in [0.717, 1.165) is 10.8 Å². The molecule has 3 rings (SSSR count). The number of carboxylic acids is 1. The highest BCUT2D eigenvalue weighted by molar-refractivity contribution is 5.91. The third kappa shape index (κ3) is 2.05. The molecule has 104 valence electrons. The molecule has 5 heteroatoms. The van der Waals surface area contributed by atoms with E-state index in [1.165, 1.54) is 0 Å². The van der Waals surface area contributed by atoms with E-state index in [1.807, 2.05) is 25.1 Å². The van der Waals surface area contributed by atoms with Gasteiger partial charge >= 0.3 is 5.97 Å². The van der Waals surface area contributed by atoms with Gasteiger partial charge in [0, 0.05) is 11.6 Å². The Morgan fingerprint density at radius 1 is 1.35 bits per heavy atom. The van der Waals surface area contributed by atoms with Gasteiger partial charge in [0.15, 0.2) is 11.5 Å². The van der Waals surface area contributed by atoms with Crippen molar-refractivity contribution in [3.63, 3.8) is 0 Å². The van der Waals surface area contributed by atoms with E-state index < -0.39 is 11.9 Å². The van der Waals surface area contributed by atoms with E-state index in [4.69, 9.17) is 9.47 Å². The smallest absolute Gasteiger partial charge is 0.312 e. The molecule has 1 aromatic heterocycles. The van der Waals surface area contributed by atoms with Crippen molar-refractivity contribution < 1.29 is 19.4 Å². The van der Waals surface area contributed by atoms with Gasteiger partial charge in [0.25, 0.3) is 0 Å². The molecular formula is C15H15NO4. The molecule has 20 heavy (non-hydrogen) atoms. The van der Waals surface area contributed by atoms with Crippen LogP contribution in [0.1, 0.15) is 25.0 Å². The standard InChI is InChI=1S/C15H15NO4/c1-2-10(15(17)18)14-11-8-13-12(19-5-6-20-13)7-9(11)3-4-16-14/h3-4,7-8,10H,2,5-6H2,1H3,(H,17,18). The SMILES string of the molecule is CCC(C(=O)O)c1nccc2cc3c(cc12)OCCO3. The number of ether oxygens (including phenoxy) is 2. The van der Waals surface area contributed by atoms with Crippen molar-refractivity contribution in [3.8, 4) is 11.5 Å². The van der Waals surface area contributed by atoms with Crippen LogP contribution in [0.15, 0.2) is 24.4 Å². The van der Waals surface area contributed by atoms with Gasteiger partial charge < -0.3 is 14.6 Å². The molecule has 0 fully saturated rings. The third-order valence-corrected chi connectivity index (χ3v) is 3.49. The molecule has 2 aromatic rings. The summed E-state index contributed by atoms with van der Waals surface area (Å²) in [5, 5.41) is 11.1. The molecular weight excluding hydrogens is 258 g/mol. The Labute approximate surface area is 116 Å². The fourth-order valence-corrected chi connectivity index (χ4v) is 2.49. The lowest BCUT2D eigenvalue weighted by atomic mass is 9.96. The fraction of sp³-hybridized carbons (Fsp3) is 0.333. The van der Waals surface area contributed by atoms with Gasteiger partial charge in [0.2, 0.25) is 0 Å². The van der Waals surface area contributed by atoms with Crippen molar-refractivity contribution >= 4 is 16.7 Å². The quantitative estimate of drug-likeness (QED) is 0.930. The molecule has 5 nitrogen and oxygen atoms in total. The number of hydrogen-bond acceptors (Lipinski definition) is 4. The summed E-state index contributed by atoms with van der Waals surface area (Å²) in [7, 11) is 0. The first-order chi connectivity index (χ1) is 9.70. The van der Waals surface area contributed by atoms with Crippen molar-refractivity contribution in [1.29, 1.82) is 0 Å². The van der Waals surface area contributed by atoms with Gasteiger partial charge in [-0.15, -0.1) is 0 Å². The molecule has 0 amide bonds. The Balaban J connectivity index is 2.20. The lowest BCUT2D eigenvalue weighted by molar-refractivity contribution is -0.138. The highest BCUT2D eigenvalue weighted by Crippen LogP contribution is 2.37. The topological polar surface area (TPSA) is 68.7 Å². The highest BCUT2D eigenvalue weighted by atomic mass is 16.6. The minimum Gasteiger partial charge on any atom is -0.486 e. The monoisotopic (exact) mass is 273 g/mol. The summed E-state index contributed by atoms with van der Waals surface area (Å²) in [4.78, 5) is 15.6. The normalized spacial score (nSPS) is 15.1. The van der Waals surface area contributed by atoms with Crippen LogP contribution in [0.2, 0.25) is 0 Å². The summed E-state index contributed by atoms with van der Waals surface area (Å²) in [6.45, 7) is 2.88. The van der Waals surface area contributed by atoms with E-state index in [9.17, 15) is 9.90 Å². The van der Waals surface area contributed by atoms with Crippen molar-refractivity contribution in [2.45, 2.75) is 19.3 Å². The number of benzene rings is 1. The maximum atomic E-state index is 11.4. The summed E-state index contributed by atoms with van der Waals surface area (Å²) in [6, 6.07) is 5.56. The van der Waals surface area contributed by atoms with Gasteiger partial charge in [-0.2, -0.15) is 0 Å². The number of rotatable bonds is 3. The van der Waals surface area contributed by atoms with Crippen LogP contribution in [-0.4, -0.2) is 29.3 Å². The van der Waals surface area contributed by atoms with Crippen LogP contribution in [-0.2, 0) is 4.79 Å². The number of aromatic nitrogens is 1. The lowest BCUT2D eigenvalue weighted by Crippen LogP contribution is -2.16. The van der Waals surface area contributed by atoms with E-state index in [-0.39, 0.29) is 0 Å². The number of fused-ring (bicyclic) bond motifs is 2. The molecule has 1 unspecified atom stereocenters. The molecule has 1 aromatic carbocycles.